The summed E-state index contributed by atoms with van der Waals surface area (Å²) in [7, 11) is 0. The van der Waals surface area contributed by atoms with Crippen molar-refractivity contribution in [3.05, 3.63) is 107 Å². The highest BCUT2D eigenvalue weighted by molar-refractivity contribution is 7.07. The number of fused-ring (bicyclic) bond motifs is 1. The molecule has 0 unspecified atom stereocenters. The van der Waals surface area contributed by atoms with Gasteiger partial charge in [0, 0.05) is 12.1 Å². The largest absolute Gasteiger partial charge is 0.463 e. The lowest BCUT2D eigenvalue weighted by Gasteiger charge is -2.24. The summed E-state index contributed by atoms with van der Waals surface area (Å²) >= 11 is 1.20. The Morgan fingerprint density at radius 3 is 2.69 bits per heavy atom. The standard InChI is InChI=1S/C23H19N3O5S/c1-3-31-22(28)19-14(2)24-23-25(20(19)16-10-7-11-17(13-16)26(29)30)21(27)18(32-23)12-15-8-5-4-6-9-15/h4-13,20H,3H2,1-2H3/b18-12-/t20-/m1/s1. The summed E-state index contributed by atoms with van der Waals surface area (Å²) in [5, 5.41) is 11.3. The molecule has 0 N–H and O–H groups in total. The first-order valence-corrected chi connectivity index (χ1v) is 10.7. The first kappa shape index (κ1) is 21.4. The number of esters is 1. The summed E-state index contributed by atoms with van der Waals surface area (Å²) in [6.45, 7) is 3.51. The fraction of sp³-hybridized carbons (Fsp3) is 0.174. The number of ether oxygens (including phenoxy) is 1. The van der Waals surface area contributed by atoms with E-state index in [0.717, 1.165) is 5.56 Å². The summed E-state index contributed by atoms with van der Waals surface area (Å²) in [5.74, 6) is -0.609. The third kappa shape index (κ3) is 3.90. The molecular weight excluding hydrogens is 430 g/mol. The van der Waals surface area contributed by atoms with E-state index < -0.39 is 16.9 Å². The number of carbonyl (C=O) groups is 1. The van der Waals surface area contributed by atoms with E-state index in [-0.39, 0.29) is 23.4 Å². The lowest BCUT2D eigenvalue weighted by Crippen LogP contribution is -2.39. The molecule has 3 aromatic rings. The van der Waals surface area contributed by atoms with Crippen molar-refractivity contribution in [2.24, 2.45) is 4.99 Å². The van der Waals surface area contributed by atoms with Gasteiger partial charge >= 0.3 is 5.97 Å². The highest BCUT2D eigenvalue weighted by Gasteiger charge is 2.34. The summed E-state index contributed by atoms with van der Waals surface area (Å²) in [6, 6.07) is 14.4. The number of hydrogen-bond donors (Lipinski definition) is 0. The second-order valence-electron chi connectivity index (χ2n) is 7.07. The van der Waals surface area contributed by atoms with E-state index in [0.29, 0.717) is 20.6 Å². The molecule has 0 saturated carbocycles. The van der Waals surface area contributed by atoms with Crippen LogP contribution in [0, 0.1) is 10.1 Å². The van der Waals surface area contributed by atoms with Crippen molar-refractivity contribution in [1.82, 2.24) is 4.57 Å². The van der Waals surface area contributed by atoms with Gasteiger partial charge in [-0.1, -0.05) is 53.8 Å². The van der Waals surface area contributed by atoms with Crippen molar-refractivity contribution in [2.45, 2.75) is 19.9 Å². The molecule has 0 bridgehead atoms. The van der Waals surface area contributed by atoms with Crippen molar-refractivity contribution < 1.29 is 14.5 Å². The molecule has 0 amide bonds. The van der Waals surface area contributed by atoms with Gasteiger partial charge in [-0.25, -0.2) is 9.79 Å². The van der Waals surface area contributed by atoms with Gasteiger partial charge in [-0.15, -0.1) is 0 Å². The quantitative estimate of drug-likeness (QED) is 0.338. The van der Waals surface area contributed by atoms with Crippen LogP contribution < -0.4 is 14.9 Å². The Kier molecular flexibility index (Phi) is 5.83. The molecule has 0 aliphatic carbocycles. The van der Waals surface area contributed by atoms with Crippen LogP contribution in [0.4, 0.5) is 5.69 Å². The van der Waals surface area contributed by atoms with E-state index in [1.165, 1.54) is 34.1 Å². The van der Waals surface area contributed by atoms with Gasteiger partial charge in [0.05, 0.1) is 33.4 Å². The van der Waals surface area contributed by atoms with Crippen LogP contribution in [-0.2, 0) is 9.53 Å². The molecule has 4 rings (SSSR count). The third-order valence-corrected chi connectivity index (χ3v) is 5.99. The van der Waals surface area contributed by atoms with Gasteiger partial charge in [0.2, 0.25) is 0 Å². The molecule has 0 saturated heterocycles. The normalized spacial score (nSPS) is 15.8. The van der Waals surface area contributed by atoms with Gasteiger partial charge in [-0.3, -0.25) is 19.5 Å². The minimum absolute atomic E-state index is 0.133. The first-order chi connectivity index (χ1) is 15.4. The number of carbonyl (C=O) groups excluding carboxylic acids is 1. The number of nitrogens with zero attached hydrogens (tertiary/aromatic N) is 3. The van der Waals surface area contributed by atoms with Crippen molar-refractivity contribution >= 4 is 29.1 Å². The highest BCUT2D eigenvalue weighted by Crippen LogP contribution is 2.32. The molecule has 9 heteroatoms. The number of nitro groups is 1. The average Bonchev–Trinajstić information content (AvgIpc) is 3.08. The lowest BCUT2D eigenvalue weighted by molar-refractivity contribution is -0.384. The zero-order chi connectivity index (χ0) is 22.8. The first-order valence-electron chi connectivity index (χ1n) is 9.89. The molecule has 2 heterocycles. The van der Waals surface area contributed by atoms with Crippen LogP contribution in [0.1, 0.15) is 31.0 Å². The van der Waals surface area contributed by atoms with Crippen LogP contribution >= 0.6 is 11.3 Å². The van der Waals surface area contributed by atoms with Crippen molar-refractivity contribution in [1.29, 1.82) is 0 Å². The third-order valence-electron chi connectivity index (χ3n) is 5.01. The Bertz CT molecular complexity index is 1420. The summed E-state index contributed by atoms with van der Waals surface area (Å²) in [5.41, 5.74) is 1.42. The molecule has 0 radical (unpaired) electrons. The maximum Gasteiger partial charge on any atom is 0.338 e. The van der Waals surface area contributed by atoms with Crippen LogP contribution in [0.5, 0.6) is 0 Å². The van der Waals surface area contributed by atoms with Gasteiger partial charge in [-0.05, 0) is 31.1 Å². The van der Waals surface area contributed by atoms with Crippen LogP contribution in [0.3, 0.4) is 0 Å². The Balaban J connectivity index is 1.98. The monoisotopic (exact) mass is 449 g/mol. The minimum atomic E-state index is -0.886. The lowest BCUT2D eigenvalue weighted by atomic mass is 9.95. The molecule has 1 aliphatic rings. The van der Waals surface area contributed by atoms with E-state index in [9.17, 15) is 19.7 Å². The fourth-order valence-electron chi connectivity index (χ4n) is 3.62. The van der Waals surface area contributed by atoms with Crippen molar-refractivity contribution in [3.8, 4) is 0 Å². The summed E-state index contributed by atoms with van der Waals surface area (Å²) in [4.78, 5) is 42.0. The van der Waals surface area contributed by atoms with Gasteiger partial charge in [-0.2, -0.15) is 0 Å². The van der Waals surface area contributed by atoms with E-state index in [1.54, 1.807) is 26.0 Å². The van der Waals surface area contributed by atoms with Crippen LogP contribution in [0.25, 0.3) is 6.08 Å². The molecule has 1 atom stereocenters. The molecule has 1 aliphatic heterocycles. The second kappa shape index (κ2) is 8.72. The minimum Gasteiger partial charge on any atom is -0.463 e. The summed E-state index contributed by atoms with van der Waals surface area (Å²) in [6.07, 6.45) is 1.76. The second-order valence-corrected chi connectivity index (χ2v) is 8.07. The Morgan fingerprint density at radius 1 is 1.25 bits per heavy atom. The van der Waals surface area contributed by atoms with Gasteiger partial charge in [0.15, 0.2) is 4.80 Å². The smallest absolute Gasteiger partial charge is 0.338 e. The van der Waals surface area contributed by atoms with Crippen LogP contribution in [0.2, 0.25) is 0 Å². The molecule has 0 fully saturated rings. The maximum atomic E-state index is 13.4. The van der Waals surface area contributed by atoms with E-state index in [2.05, 4.69) is 4.99 Å². The predicted octanol–water partition coefficient (Wildman–Crippen LogP) is 2.71. The maximum absolute atomic E-state index is 13.4. The van der Waals surface area contributed by atoms with Crippen molar-refractivity contribution in [2.75, 3.05) is 6.61 Å². The SMILES string of the molecule is CCOC(=O)C1=C(C)N=c2s/c(=C\c3ccccc3)c(=O)n2[C@@H]1c1cccc([N+](=O)[O-])c1. The Hall–Kier alpha value is -3.85. The van der Waals surface area contributed by atoms with Crippen LogP contribution in [0.15, 0.2) is 75.7 Å². The molecule has 32 heavy (non-hydrogen) atoms. The topological polar surface area (TPSA) is 104 Å². The number of non-ortho nitro benzene ring substituents is 1. The van der Waals surface area contributed by atoms with E-state index in [1.807, 2.05) is 30.3 Å². The Morgan fingerprint density at radius 2 is 2.00 bits per heavy atom. The number of allylic oxidation sites excluding steroid dienone is 1. The molecular formula is C23H19N3O5S. The zero-order valence-electron chi connectivity index (χ0n) is 17.3. The molecule has 162 valence electrons. The van der Waals surface area contributed by atoms with Gasteiger partial charge < -0.3 is 4.74 Å². The number of hydrogen-bond acceptors (Lipinski definition) is 7. The van der Waals surface area contributed by atoms with Crippen molar-refractivity contribution in [3.63, 3.8) is 0 Å². The highest BCUT2D eigenvalue weighted by atomic mass is 32.1. The average molecular weight is 449 g/mol. The number of thiazole rings is 1. The van der Waals surface area contributed by atoms with Gasteiger partial charge in [0.25, 0.3) is 11.2 Å². The number of aromatic nitrogens is 1. The van der Waals surface area contributed by atoms with E-state index >= 15 is 0 Å². The number of nitro benzene ring substituents is 1. The summed E-state index contributed by atoms with van der Waals surface area (Å²) < 4.78 is 7.09. The number of rotatable bonds is 5. The zero-order valence-corrected chi connectivity index (χ0v) is 18.2. The predicted molar refractivity (Wildman–Crippen MR) is 120 cm³/mol. The molecule has 2 aromatic carbocycles. The molecule has 0 spiro atoms. The Labute approximate surface area is 186 Å². The van der Waals surface area contributed by atoms with Gasteiger partial charge in [0.1, 0.15) is 0 Å². The fourth-order valence-corrected chi connectivity index (χ4v) is 4.66. The van der Waals surface area contributed by atoms with Crippen LogP contribution in [-0.4, -0.2) is 22.1 Å². The molecule has 1 aromatic heterocycles. The number of benzene rings is 2. The molecule has 8 nitrogen and oxygen atoms in total. The van der Waals surface area contributed by atoms with E-state index in [4.69, 9.17) is 4.74 Å².